The number of hydrogen-bond donors (Lipinski definition) is 1. The number of anilines is 1. The van der Waals surface area contributed by atoms with Crippen LogP contribution in [-0.4, -0.2) is 23.6 Å². The minimum absolute atomic E-state index is 0.215. The van der Waals surface area contributed by atoms with Crippen LogP contribution in [0.2, 0.25) is 0 Å². The van der Waals surface area contributed by atoms with Gasteiger partial charge in [0, 0.05) is 11.4 Å². The van der Waals surface area contributed by atoms with Gasteiger partial charge >= 0.3 is 5.97 Å². The predicted octanol–water partition coefficient (Wildman–Crippen LogP) is 3.97. The van der Waals surface area contributed by atoms with Crippen LogP contribution in [0.4, 0.5) is 5.13 Å². The Morgan fingerprint density at radius 3 is 2.86 bits per heavy atom. The topological polar surface area (TPSA) is 51.2 Å². The highest BCUT2D eigenvalue weighted by Crippen LogP contribution is 2.31. The van der Waals surface area contributed by atoms with Crippen LogP contribution in [-0.2, 0) is 14.9 Å². The van der Waals surface area contributed by atoms with Gasteiger partial charge in [0.2, 0.25) is 0 Å². The van der Waals surface area contributed by atoms with Crippen molar-refractivity contribution in [1.29, 1.82) is 0 Å². The highest BCUT2D eigenvalue weighted by Gasteiger charge is 2.34. The number of thiazole rings is 1. The first-order chi connectivity index (χ1) is 9.95. The smallest absolute Gasteiger partial charge is 0.317 e. The number of nitrogens with one attached hydrogen (secondary N) is 1. The van der Waals surface area contributed by atoms with Crippen molar-refractivity contribution in [1.82, 2.24) is 4.98 Å². The molecule has 1 heterocycles. The minimum Gasteiger partial charge on any atom is -0.465 e. The summed E-state index contributed by atoms with van der Waals surface area (Å²) >= 11 is 1.58. The third-order valence-corrected chi connectivity index (χ3v) is 5.12. The number of carbonyl (C=O) groups is 1. The van der Waals surface area contributed by atoms with Crippen molar-refractivity contribution >= 4 is 22.4 Å². The second-order valence-electron chi connectivity index (χ2n) is 6.40. The number of esters is 1. The Balaban J connectivity index is 2.05. The molecule has 21 heavy (non-hydrogen) atoms. The maximum atomic E-state index is 12.0. The molecule has 1 aliphatic carbocycles. The third-order valence-electron chi connectivity index (χ3n) is 4.35. The van der Waals surface area contributed by atoms with Gasteiger partial charge in [-0.05, 0) is 39.5 Å². The highest BCUT2D eigenvalue weighted by molar-refractivity contribution is 7.13. The fourth-order valence-electron chi connectivity index (χ4n) is 2.73. The van der Waals surface area contributed by atoms with Crippen molar-refractivity contribution in [3.05, 3.63) is 11.1 Å². The molecule has 0 spiro atoms. The van der Waals surface area contributed by atoms with Gasteiger partial charge in [-0.3, -0.25) is 4.79 Å². The molecule has 0 aromatic carbocycles. The van der Waals surface area contributed by atoms with E-state index in [0.29, 0.717) is 18.6 Å². The summed E-state index contributed by atoms with van der Waals surface area (Å²) in [5, 5.41) is 6.43. The first kappa shape index (κ1) is 16.3. The number of hydrogen-bond acceptors (Lipinski definition) is 5. The van der Waals surface area contributed by atoms with Gasteiger partial charge < -0.3 is 10.1 Å². The van der Waals surface area contributed by atoms with Crippen molar-refractivity contribution in [2.75, 3.05) is 11.9 Å². The lowest BCUT2D eigenvalue weighted by Gasteiger charge is -2.29. The average molecular weight is 310 g/mol. The standard InChI is InChI=1S/C16H26N2O2S/c1-5-20-14(19)16(3,4)13-10-21-15(18-13)17-12-9-7-6-8-11(12)2/h10-12H,5-9H2,1-4H3,(H,17,18). The summed E-state index contributed by atoms with van der Waals surface area (Å²) in [4.78, 5) is 16.7. The second kappa shape index (κ2) is 6.77. The Bertz CT molecular complexity index is 484. The van der Waals surface area contributed by atoms with Gasteiger partial charge in [0.15, 0.2) is 5.13 Å². The fraction of sp³-hybridized carbons (Fsp3) is 0.750. The molecule has 0 saturated heterocycles. The summed E-state index contributed by atoms with van der Waals surface area (Å²) in [7, 11) is 0. The largest absolute Gasteiger partial charge is 0.465 e. The van der Waals surface area contributed by atoms with Crippen LogP contribution in [0.3, 0.4) is 0 Å². The summed E-state index contributed by atoms with van der Waals surface area (Å²) < 4.78 is 5.14. The first-order valence-electron chi connectivity index (χ1n) is 7.85. The number of nitrogens with zero attached hydrogens (tertiary/aromatic N) is 1. The van der Waals surface area contributed by atoms with Crippen LogP contribution < -0.4 is 5.32 Å². The molecule has 2 atom stereocenters. The SMILES string of the molecule is CCOC(=O)C(C)(C)c1csc(NC2CCCCC2C)n1. The Kier molecular flexibility index (Phi) is 5.25. The second-order valence-corrected chi connectivity index (χ2v) is 7.25. The van der Waals surface area contributed by atoms with E-state index in [4.69, 9.17) is 4.74 Å². The predicted molar refractivity (Wildman–Crippen MR) is 86.8 cm³/mol. The lowest BCUT2D eigenvalue weighted by molar-refractivity contribution is -0.148. The van der Waals surface area contributed by atoms with E-state index in [2.05, 4.69) is 17.2 Å². The van der Waals surface area contributed by atoms with Gasteiger partial charge in [-0.15, -0.1) is 11.3 Å². The zero-order chi connectivity index (χ0) is 15.5. The molecule has 2 rings (SSSR count). The van der Waals surface area contributed by atoms with E-state index in [9.17, 15) is 4.79 Å². The van der Waals surface area contributed by atoms with E-state index >= 15 is 0 Å². The maximum Gasteiger partial charge on any atom is 0.317 e. The van der Waals surface area contributed by atoms with Crippen LogP contribution in [0.5, 0.6) is 0 Å². The molecular weight excluding hydrogens is 284 g/mol. The first-order valence-corrected chi connectivity index (χ1v) is 8.73. The molecule has 0 radical (unpaired) electrons. The van der Waals surface area contributed by atoms with Crippen LogP contribution in [0.25, 0.3) is 0 Å². The molecule has 1 aromatic rings. The quantitative estimate of drug-likeness (QED) is 0.836. The van der Waals surface area contributed by atoms with E-state index in [1.54, 1.807) is 11.3 Å². The van der Waals surface area contributed by atoms with E-state index in [-0.39, 0.29) is 5.97 Å². The van der Waals surface area contributed by atoms with Gasteiger partial charge in [0.05, 0.1) is 12.3 Å². The monoisotopic (exact) mass is 310 g/mol. The van der Waals surface area contributed by atoms with Crippen molar-refractivity contribution in [3.63, 3.8) is 0 Å². The van der Waals surface area contributed by atoms with Crippen molar-refractivity contribution in [2.45, 2.75) is 64.8 Å². The van der Waals surface area contributed by atoms with E-state index < -0.39 is 5.41 Å². The number of ether oxygens (including phenoxy) is 1. The lowest BCUT2D eigenvalue weighted by atomic mass is 9.86. The van der Waals surface area contributed by atoms with Crippen molar-refractivity contribution in [2.24, 2.45) is 5.92 Å². The molecule has 1 fully saturated rings. The Hall–Kier alpha value is -1.10. The number of aromatic nitrogens is 1. The molecule has 0 amide bonds. The fourth-order valence-corrected chi connectivity index (χ4v) is 3.67. The Morgan fingerprint density at radius 1 is 1.48 bits per heavy atom. The number of rotatable bonds is 5. The molecule has 4 nitrogen and oxygen atoms in total. The molecule has 0 bridgehead atoms. The molecule has 1 N–H and O–H groups in total. The van der Waals surface area contributed by atoms with E-state index in [1.807, 2.05) is 26.2 Å². The molecule has 118 valence electrons. The summed E-state index contributed by atoms with van der Waals surface area (Å²) in [5.41, 5.74) is 0.0989. The molecule has 0 aliphatic heterocycles. The molecule has 2 unspecified atom stereocenters. The van der Waals surface area contributed by atoms with Gasteiger partial charge in [-0.2, -0.15) is 0 Å². The third kappa shape index (κ3) is 3.76. The summed E-state index contributed by atoms with van der Waals surface area (Å²) in [6, 6.07) is 0.503. The zero-order valence-corrected chi connectivity index (χ0v) is 14.3. The van der Waals surface area contributed by atoms with Crippen molar-refractivity contribution < 1.29 is 9.53 Å². The minimum atomic E-state index is -0.690. The van der Waals surface area contributed by atoms with Gasteiger partial charge in [0.25, 0.3) is 0 Å². The van der Waals surface area contributed by atoms with Crippen LogP contribution in [0.1, 0.15) is 59.1 Å². The van der Waals surface area contributed by atoms with Gasteiger partial charge in [-0.1, -0.05) is 19.8 Å². The van der Waals surface area contributed by atoms with Crippen molar-refractivity contribution in [3.8, 4) is 0 Å². The highest BCUT2D eigenvalue weighted by atomic mass is 32.1. The Morgan fingerprint density at radius 2 is 2.19 bits per heavy atom. The Labute approximate surface area is 131 Å². The van der Waals surface area contributed by atoms with Gasteiger partial charge in [-0.25, -0.2) is 4.98 Å². The molecule has 1 saturated carbocycles. The molecule has 5 heteroatoms. The van der Waals surface area contributed by atoms with Crippen LogP contribution in [0, 0.1) is 5.92 Å². The molecule has 1 aliphatic rings. The number of carbonyl (C=O) groups excluding carboxylic acids is 1. The normalized spacial score (nSPS) is 22.9. The average Bonchev–Trinajstić information content (AvgIpc) is 2.91. The maximum absolute atomic E-state index is 12.0. The van der Waals surface area contributed by atoms with Crippen LogP contribution in [0.15, 0.2) is 5.38 Å². The van der Waals surface area contributed by atoms with Crippen LogP contribution >= 0.6 is 11.3 Å². The van der Waals surface area contributed by atoms with E-state index in [1.165, 1.54) is 25.7 Å². The van der Waals surface area contributed by atoms with Gasteiger partial charge in [0.1, 0.15) is 5.41 Å². The summed E-state index contributed by atoms with van der Waals surface area (Å²) in [5.74, 6) is 0.469. The molecular formula is C16H26N2O2S. The van der Waals surface area contributed by atoms with E-state index in [0.717, 1.165) is 10.8 Å². The summed E-state index contributed by atoms with van der Waals surface area (Å²) in [6.45, 7) is 8.26. The zero-order valence-electron chi connectivity index (χ0n) is 13.4. The lowest BCUT2D eigenvalue weighted by Crippen LogP contribution is -2.32. The molecule has 1 aromatic heterocycles. The summed E-state index contributed by atoms with van der Waals surface area (Å²) in [6.07, 6.45) is 5.11.